The number of aryl methyl sites for hydroxylation is 1. The van der Waals surface area contributed by atoms with Crippen molar-refractivity contribution in [2.75, 3.05) is 0 Å². The second kappa shape index (κ2) is 5.01. The third kappa shape index (κ3) is 2.31. The molecule has 1 N–H and O–H groups in total. The zero-order chi connectivity index (χ0) is 11.7. The number of aromatic nitrogens is 1. The minimum Gasteiger partial charge on any atom is -1.00 e. The number of carbonyl (C=O) groups excluding carboxylic acids is 1. The van der Waals surface area contributed by atoms with E-state index in [4.69, 9.17) is 4.42 Å². The molecular formula is C12H12ClNO3. The monoisotopic (exact) mass is 253 g/mol. The molecule has 0 aliphatic rings. The first-order valence-electron chi connectivity index (χ1n) is 4.92. The first-order valence-corrected chi connectivity index (χ1v) is 4.92. The fraction of sp³-hybridized carbons (Fsp3) is 0.167. The SMILES string of the molecule is CC(=O)c1c(C)oc(-c2ccccc2)[n+]1O.[Cl-]. The van der Waals surface area contributed by atoms with Gasteiger partial charge in [-0.25, -0.2) is 0 Å². The van der Waals surface area contributed by atoms with Crippen LogP contribution in [0.4, 0.5) is 0 Å². The average molecular weight is 254 g/mol. The summed E-state index contributed by atoms with van der Waals surface area (Å²) >= 11 is 0. The summed E-state index contributed by atoms with van der Waals surface area (Å²) in [6.07, 6.45) is 0. The predicted octanol–water partition coefficient (Wildman–Crippen LogP) is -1.01. The lowest BCUT2D eigenvalue weighted by Crippen LogP contribution is -3.00. The van der Waals surface area contributed by atoms with Crippen LogP contribution in [0.3, 0.4) is 0 Å². The molecule has 2 aromatic rings. The maximum absolute atomic E-state index is 11.3. The number of nitrogens with zero attached hydrogens (tertiary/aromatic N) is 1. The Kier molecular flexibility index (Phi) is 3.91. The molecule has 0 spiro atoms. The zero-order valence-corrected chi connectivity index (χ0v) is 10.2. The van der Waals surface area contributed by atoms with Gasteiger partial charge in [-0.15, -0.1) is 0 Å². The number of hydrogen-bond donors (Lipinski definition) is 1. The minimum absolute atomic E-state index is 0. The van der Waals surface area contributed by atoms with Gasteiger partial charge in [0, 0.05) is 13.8 Å². The molecule has 2 rings (SSSR count). The molecule has 0 aliphatic heterocycles. The molecule has 90 valence electrons. The molecular weight excluding hydrogens is 242 g/mol. The van der Waals surface area contributed by atoms with Crippen LogP contribution in [0.2, 0.25) is 0 Å². The van der Waals surface area contributed by atoms with E-state index >= 15 is 0 Å². The van der Waals surface area contributed by atoms with Crippen molar-refractivity contribution < 1.29 is 31.6 Å². The van der Waals surface area contributed by atoms with E-state index in [1.54, 1.807) is 19.1 Å². The standard InChI is InChI=1S/C12H12NO3.ClH/c1-8(14)11-9(2)16-12(13(11)15)10-6-4-3-5-7-10;/h3-7,15H,1-2H3;1H/q+1;/p-1. The van der Waals surface area contributed by atoms with Gasteiger partial charge in [0.1, 0.15) is 0 Å². The Hall–Kier alpha value is -1.81. The van der Waals surface area contributed by atoms with E-state index in [9.17, 15) is 10.0 Å². The van der Waals surface area contributed by atoms with Gasteiger partial charge in [0.15, 0.2) is 5.76 Å². The number of ketones is 1. The van der Waals surface area contributed by atoms with Crippen molar-refractivity contribution in [2.45, 2.75) is 13.8 Å². The number of carbonyl (C=O) groups is 1. The summed E-state index contributed by atoms with van der Waals surface area (Å²) in [7, 11) is 0. The highest BCUT2D eigenvalue weighted by molar-refractivity contribution is 5.91. The van der Waals surface area contributed by atoms with Crippen molar-refractivity contribution in [2.24, 2.45) is 0 Å². The molecule has 4 nitrogen and oxygen atoms in total. The van der Waals surface area contributed by atoms with Crippen LogP contribution in [0.15, 0.2) is 34.7 Å². The van der Waals surface area contributed by atoms with E-state index < -0.39 is 0 Å². The molecule has 17 heavy (non-hydrogen) atoms. The van der Waals surface area contributed by atoms with Crippen LogP contribution in [-0.2, 0) is 0 Å². The summed E-state index contributed by atoms with van der Waals surface area (Å²) in [6, 6.07) is 9.14. The van der Waals surface area contributed by atoms with E-state index in [1.165, 1.54) is 6.92 Å². The van der Waals surface area contributed by atoms with Crippen molar-refractivity contribution in [3.8, 4) is 11.5 Å². The molecule has 0 aliphatic carbocycles. The summed E-state index contributed by atoms with van der Waals surface area (Å²) in [5.41, 5.74) is 0.902. The van der Waals surface area contributed by atoms with Gasteiger partial charge >= 0.3 is 11.6 Å². The normalized spacial score (nSPS) is 9.76. The molecule has 0 bridgehead atoms. The Morgan fingerprint density at radius 2 is 1.88 bits per heavy atom. The third-order valence-corrected chi connectivity index (χ3v) is 2.34. The summed E-state index contributed by atoms with van der Waals surface area (Å²) in [5, 5.41) is 9.84. The van der Waals surface area contributed by atoms with Crippen LogP contribution in [0.5, 0.6) is 0 Å². The highest BCUT2D eigenvalue weighted by Gasteiger charge is 2.31. The second-order valence-corrected chi connectivity index (χ2v) is 3.55. The second-order valence-electron chi connectivity index (χ2n) is 3.55. The predicted molar refractivity (Wildman–Crippen MR) is 56.3 cm³/mol. The molecule has 1 heterocycles. The molecule has 0 amide bonds. The Bertz CT molecular complexity index is 534. The maximum Gasteiger partial charge on any atom is 0.430 e. The van der Waals surface area contributed by atoms with Gasteiger partial charge < -0.3 is 16.8 Å². The first-order chi connectivity index (χ1) is 7.61. The number of hydrogen-bond acceptors (Lipinski definition) is 3. The lowest BCUT2D eigenvalue weighted by molar-refractivity contribution is -0.898. The van der Waals surface area contributed by atoms with E-state index in [2.05, 4.69) is 0 Å². The van der Waals surface area contributed by atoms with Crippen molar-refractivity contribution in [3.63, 3.8) is 0 Å². The van der Waals surface area contributed by atoms with Gasteiger partial charge in [0.2, 0.25) is 5.78 Å². The van der Waals surface area contributed by atoms with E-state index in [0.29, 0.717) is 5.76 Å². The summed E-state index contributed by atoms with van der Waals surface area (Å²) in [6.45, 7) is 3.04. The number of halogens is 1. The van der Waals surface area contributed by atoms with Crippen LogP contribution < -0.4 is 17.1 Å². The molecule has 1 aromatic heterocycles. The maximum atomic E-state index is 11.3. The lowest BCUT2D eigenvalue weighted by atomic mass is 10.2. The molecule has 0 saturated heterocycles. The molecule has 1 aromatic carbocycles. The van der Waals surface area contributed by atoms with Gasteiger partial charge in [-0.1, -0.05) is 18.2 Å². The first kappa shape index (κ1) is 13.3. The zero-order valence-electron chi connectivity index (χ0n) is 9.48. The number of benzene rings is 1. The Morgan fingerprint density at radius 1 is 1.29 bits per heavy atom. The average Bonchev–Trinajstić information content (AvgIpc) is 2.55. The van der Waals surface area contributed by atoms with Gasteiger partial charge in [-0.3, -0.25) is 10.0 Å². The van der Waals surface area contributed by atoms with Crippen LogP contribution in [0.1, 0.15) is 23.2 Å². The van der Waals surface area contributed by atoms with Crippen molar-refractivity contribution in [1.82, 2.24) is 0 Å². The Balaban J connectivity index is 0.00000144. The quantitative estimate of drug-likeness (QED) is 0.424. The highest BCUT2D eigenvalue weighted by Crippen LogP contribution is 2.19. The van der Waals surface area contributed by atoms with Crippen molar-refractivity contribution >= 4 is 5.78 Å². The summed E-state index contributed by atoms with van der Waals surface area (Å²) in [4.78, 5) is 11.3. The lowest BCUT2D eigenvalue weighted by Gasteiger charge is -1.89. The molecule has 0 radical (unpaired) electrons. The van der Waals surface area contributed by atoms with Crippen LogP contribution >= 0.6 is 0 Å². The van der Waals surface area contributed by atoms with Gasteiger partial charge in [0.25, 0.3) is 0 Å². The van der Waals surface area contributed by atoms with E-state index in [1.807, 2.05) is 18.2 Å². The van der Waals surface area contributed by atoms with E-state index in [-0.39, 0.29) is 29.8 Å². The number of Topliss-reactive ketones (excluding diaryl/α,β-unsaturated/α-hetero) is 1. The van der Waals surface area contributed by atoms with Gasteiger partial charge in [-0.2, -0.15) is 0 Å². The van der Waals surface area contributed by atoms with Gasteiger partial charge in [-0.05, 0) is 12.1 Å². The van der Waals surface area contributed by atoms with Crippen LogP contribution in [-0.4, -0.2) is 11.0 Å². The van der Waals surface area contributed by atoms with Crippen molar-refractivity contribution in [1.29, 1.82) is 0 Å². The highest BCUT2D eigenvalue weighted by atomic mass is 35.5. The third-order valence-electron chi connectivity index (χ3n) is 2.34. The largest absolute Gasteiger partial charge is 1.00 e. The summed E-state index contributed by atoms with van der Waals surface area (Å²) < 4.78 is 6.18. The van der Waals surface area contributed by atoms with Crippen molar-refractivity contribution in [3.05, 3.63) is 41.8 Å². The summed E-state index contributed by atoms with van der Waals surface area (Å²) in [5.74, 6) is 0.447. The molecule has 5 heteroatoms. The Morgan fingerprint density at radius 3 is 2.35 bits per heavy atom. The minimum atomic E-state index is -0.231. The topological polar surface area (TPSA) is 54.3 Å². The van der Waals surface area contributed by atoms with Crippen LogP contribution in [0.25, 0.3) is 11.5 Å². The fourth-order valence-corrected chi connectivity index (χ4v) is 1.65. The van der Waals surface area contributed by atoms with E-state index in [0.717, 1.165) is 10.3 Å². The fourth-order valence-electron chi connectivity index (χ4n) is 1.65. The molecule has 0 unspecified atom stereocenters. The molecule has 0 fully saturated rings. The Labute approximate surface area is 105 Å². The molecule has 0 atom stereocenters. The number of oxazole rings is 1. The number of rotatable bonds is 2. The van der Waals surface area contributed by atoms with Crippen LogP contribution in [0, 0.1) is 6.92 Å². The molecule has 0 saturated carbocycles. The van der Waals surface area contributed by atoms with Gasteiger partial charge in [0.05, 0.1) is 10.3 Å². The smallest absolute Gasteiger partial charge is 0.430 e.